The van der Waals surface area contributed by atoms with Crippen molar-refractivity contribution in [1.82, 2.24) is 15.6 Å². The molecule has 4 nitrogen and oxygen atoms in total. The van der Waals surface area contributed by atoms with Crippen molar-refractivity contribution < 1.29 is 0 Å². The molecular formula is C16H24N4S2. The Balaban J connectivity index is 1.83. The number of thiazole rings is 1. The lowest BCUT2D eigenvalue weighted by atomic mass is 10.4. The average Bonchev–Trinajstić information content (AvgIpc) is 3.13. The number of nitrogens with one attached hydrogen (secondary N) is 2. The highest BCUT2D eigenvalue weighted by atomic mass is 32.1. The second-order valence-electron chi connectivity index (χ2n) is 4.96. The van der Waals surface area contributed by atoms with Crippen molar-refractivity contribution in [3.8, 4) is 0 Å². The fraction of sp³-hybridized carbons (Fsp3) is 0.500. The van der Waals surface area contributed by atoms with E-state index in [0.717, 1.165) is 38.4 Å². The molecule has 0 spiro atoms. The zero-order chi connectivity index (χ0) is 15.8. The van der Waals surface area contributed by atoms with Gasteiger partial charge in [0.1, 0.15) is 0 Å². The molecular weight excluding hydrogens is 312 g/mol. The Morgan fingerprint density at radius 3 is 2.64 bits per heavy atom. The summed E-state index contributed by atoms with van der Waals surface area (Å²) < 4.78 is 0. The van der Waals surface area contributed by atoms with Gasteiger partial charge < -0.3 is 10.6 Å². The van der Waals surface area contributed by atoms with Crippen LogP contribution in [0.4, 0.5) is 0 Å². The van der Waals surface area contributed by atoms with Crippen LogP contribution in [0.3, 0.4) is 0 Å². The molecule has 2 rings (SSSR count). The van der Waals surface area contributed by atoms with E-state index in [1.807, 2.05) is 17.5 Å². The minimum Gasteiger partial charge on any atom is -0.357 e. The molecule has 0 aromatic carbocycles. The first-order valence-electron chi connectivity index (χ1n) is 7.72. The number of thiophene rings is 1. The fourth-order valence-corrected chi connectivity index (χ4v) is 3.67. The molecule has 2 aromatic heterocycles. The minimum absolute atomic E-state index is 0.733. The van der Waals surface area contributed by atoms with Gasteiger partial charge in [0, 0.05) is 40.3 Å². The van der Waals surface area contributed by atoms with Crippen molar-refractivity contribution in [2.45, 2.75) is 40.2 Å². The summed E-state index contributed by atoms with van der Waals surface area (Å²) in [6.45, 7) is 8.81. The average molecular weight is 337 g/mol. The predicted octanol–water partition coefficient (Wildman–Crippen LogP) is 3.37. The molecule has 0 amide bonds. The van der Waals surface area contributed by atoms with Crippen LogP contribution in [0.15, 0.2) is 23.3 Å². The van der Waals surface area contributed by atoms with Gasteiger partial charge in [0.25, 0.3) is 0 Å². The van der Waals surface area contributed by atoms with Crippen molar-refractivity contribution in [2.24, 2.45) is 4.99 Å². The van der Waals surface area contributed by atoms with E-state index >= 15 is 0 Å². The first-order chi connectivity index (χ1) is 10.7. The number of nitrogens with zero attached hydrogens (tertiary/aromatic N) is 2. The van der Waals surface area contributed by atoms with Gasteiger partial charge in [0.05, 0.1) is 11.6 Å². The molecule has 0 saturated carbocycles. The van der Waals surface area contributed by atoms with Gasteiger partial charge in [-0.15, -0.1) is 22.7 Å². The monoisotopic (exact) mass is 336 g/mol. The number of rotatable bonds is 7. The Labute approximate surface area is 140 Å². The van der Waals surface area contributed by atoms with Gasteiger partial charge in [-0.05, 0) is 32.4 Å². The van der Waals surface area contributed by atoms with Crippen LogP contribution in [0.1, 0.15) is 33.5 Å². The molecule has 0 unspecified atom stereocenters. The Kier molecular flexibility index (Phi) is 6.86. The van der Waals surface area contributed by atoms with Crippen LogP contribution in [0, 0.1) is 6.92 Å². The molecule has 2 heterocycles. The SMILES string of the molecule is CCNC(=NCc1ccc(CC)s1)NCCc1ncc(C)s1. The van der Waals surface area contributed by atoms with Crippen LogP contribution in [-0.2, 0) is 19.4 Å². The van der Waals surface area contributed by atoms with E-state index in [9.17, 15) is 0 Å². The van der Waals surface area contributed by atoms with Crippen molar-refractivity contribution in [2.75, 3.05) is 13.1 Å². The largest absolute Gasteiger partial charge is 0.357 e. The van der Waals surface area contributed by atoms with Crippen LogP contribution in [0.5, 0.6) is 0 Å². The Bertz CT molecular complexity index is 601. The summed E-state index contributed by atoms with van der Waals surface area (Å²) in [5.74, 6) is 0.877. The van der Waals surface area contributed by atoms with Crippen LogP contribution >= 0.6 is 22.7 Å². The van der Waals surface area contributed by atoms with Crippen molar-refractivity contribution in [1.29, 1.82) is 0 Å². The van der Waals surface area contributed by atoms with E-state index in [4.69, 9.17) is 0 Å². The van der Waals surface area contributed by atoms with E-state index in [-0.39, 0.29) is 0 Å². The number of hydrogen-bond donors (Lipinski definition) is 2. The van der Waals surface area contributed by atoms with Gasteiger partial charge >= 0.3 is 0 Å². The van der Waals surface area contributed by atoms with Crippen LogP contribution in [0.25, 0.3) is 0 Å². The molecule has 0 fully saturated rings. The Morgan fingerprint density at radius 2 is 2.00 bits per heavy atom. The Morgan fingerprint density at radius 1 is 1.18 bits per heavy atom. The summed E-state index contributed by atoms with van der Waals surface area (Å²) in [5, 5.41) is 7.84. The number of hydrogen-bond acceptors (Lipinski definition) is 4. The maximum absolute atomic E-state index is 4.66. The van der Waals surface area contributed by atoms with Gasteiger partial charge in [-0.3, -0.25) is 0 Å². The normalized spacial score (nSPS) is 11.7. The molecule has 2 aromatic rings. The second-order valence-corrected chi connectivity index (χ2v) is 7.53. The van der Waals surface area contributed by atoms with E-state index in [1.54, 1.807) is 11.3 Å². The van der Waals surface area contributed by atoms with E-state index < -0.39 is 0 Å². The topological polar surface area (TPSA) is 49.3 Å². The lowest BCUT2D eigenvalue weighted by Crippen LogP contribution is -2.38. The maximum atomic E-state index is 4.66. The zero-order valence-corrected chi connectivity index (χ0v) is 15.1. The van der Waals surface area contributed by atoms with E-state index in [0.29, 0.717) is 0 Å². The van der Waals surface area contributed by atoms with Crippen molar-refractivity contribution >= 4 is 28.6 Å². The molecule has 0 radical (unpaired) electrons. The molecule has 0 aliphatic rings. The predicted molar refractivity (Wildman–Crippen MR) is 97.1 cm³/mol. The summed E-state index contributed by atoms with van der Waals surface area (Å²) in [7, 11) is 0. The summed E-state index contributed by atoms with van der Waals surface area (Å²) in [6.07, 6.45) is 3.96. The third kappa shape index (κ3) is 5.42. The second kappa shape index (κ2) is 8.90. The summed E-state index contributed by atoms with van der Waals surface area (Å²) >= 11 is 3.60. The molecule has 0 aliphatic carbocycles. The third-order valence-corrected chi connectivity index (χ3v) is 5.29. The first kappa shape index (κ1) is 17.0. The maximum Gasteiger partial charge on any atom is 0.191 e. The highest BCUT2D eigenvalue weighted by molar-refractivity contribution is 7.12. The van der Waals surface area contributed by atoms with Crippen molar-refractivity contribution in [3.05, 3.63) is 38.0 Å². The third-order valence-electron chi connectivity index (χ3n) is 3.10. The van der Waals surface area contributed by atoms with E-state index in [2.05, 4.69) is 53.5 Å². The minimum atomic E-state index is 0.733. The number of aryl methyl sites for hydroxylation is 2. The molecule has 120 valence electrons. The zero-order valence-electron chi connectivity index (χ0n) is 13.5. The lowest BCUT2D eigenvalue weighted by Gasteiger charge is -2.10. The van der Waals surface area contributed by atoms with Gasteiger partial charge in [0.15, 0.2) is 5.96 Å². The quantitative estimate of drug-likeness (QED) is 0.602. The highest BCUT2D eigenvalue weighted by Crippen LogP contribution is 2.17. The van der Waals surface area contributed by atoms with E-state index in [1.165, 1.54) is 19.6 Å². The molecule has 0 bridgehead atoms. The van der Waals surface area contributed by atoms with Crippen LogP contribution in [0.2, 0.25) is 0 Å². The number of aliphatic imine (C=N–C) groups is 1. The summed E-state index contributed by atoms with van der Waals surface area (Å²) in [5.41, 5.74) is 0. The van der Waals surface area contributed by atoms with Crippen LogP contribution in [-0.4, -0.2) is 24.0 Å². The molecule has 0 atom stereocenters. The number of aromatic nitrogens is 1. The number of guanidine groups is 1. The van der Waals surface area contributed by atoms with Gasteiger partial charge in [-0.25, -0.2) is 9.98 Å². The first-order valence-corrected chi connectivity index (χ1v) is 9.35. The Hall–Kier alpha value is -1.40. The smallest absolute Gasteiger partial charge is 0.191 e. The van der Waals surface area contributed by atoms with Crippen LogP contribution < -0.4 is 10.6 Å². The molecule has 2 N–H and O–H groups in total. The van der Waals surface area contributed by atoms with Gasteiger partial charge in [-0.2, -0.15) is 0 Å². The van der Waals surface area contributed by atoms with Crippen molar-refractivity contribution in [3.63, 3.8) is 0 Å². The summed E-state index contributed by atoms with van der Waals surface area (Å²) in [4.78, 5) is 13.0. The lowest BCUT2D eigenvalue weighted by molar-refractivity contribution is 0.797. The molecule has 6 heteroatoms. The fourth-order valence-electron chi connectivity index (χ4n) is 2.00. The standard InChI is InChI=1S/C16H24N4S2/c1-4-13-6-7-14(22-13)11-20-16(17-5-2)18-9-8-15-19-10-12(3)21-15/h6-7,10H,4-5,8-9,11H2,1-3H3,(H2,17,18,20). The highest BCUT2D eigenvalue weighted by Gasteiger charge is 2.02. The molecule has 0 aliphatic heterocycles. The molecule has 0 saturated heterocycles. The summed E-state index contributed by atoms with van der Waals surface area (Å²) in [6, 6.07) is 4.37. The van der Waals surface area contributed by atoms with Gasteiger partial charge in [0.2, 0.25) is 0 Å². The van der Waals surface area contributed by atoms with Gasteiger partial charge in [-0.1, -0.05) is 6.92 Å². The molecule has 22 heavy (non-hydrogen) atoms.